The van der Waals surface area contributed by atoms with Crippen molar-refractivity contribution in [1.29, 1.82) is 0 Å². The number of amides is 1. The molecule has 1 aliphatic carbocycles. The van der Waals surface area contributed by atoms with Gasteiger partial charge in [0.05, 0.1) is 5.02 Å². The molecule has 1 aromatic heterocycles. The predicted octanol–water partition coefficient (Wildman–Crippen LogP) is 5.76. The first kappa shape index (κ1) is 16.1. The largest absolute Gasteiger partial charge is 0.348 e. The van der Waals surface area contributed by atoms with Gasteiger partial charge in [0.15, 0.2) is 0 Å². The number of fused-ring (bicyclic) bond motifs is 1. The van der Waals surface area contributed by atoms with E-state index in [1.54, 1.807) is 6.07 Å². The van der Waals surface area contributed by atoms with Crippen LogP contribution in [-0.4, -0.2) is 11.9 Å². The van der Waals surface area contributed by atoms with Gasteiger partial charge in [-0.2, -0.15) is 0 Å². The van der Waals surface area contributed by atoms with E-state index in [-0.39, 0.29) is 11.9 Å². The molecule has 1 aliphatic rings. The number of halogens is 2. The summed E-state index contributed by atoms with van der Waals surface area (Å²) in [4.78, 5) is 13.2. The second-order valence-electron chi connectivity index (χ2n) is 6.23. The van der Waals surface area contributed by atoms with Gasteiger partial charge in [0.2, 0.25) is 0 Å². The van der Waals surface area contributed by atoms with Crippen LogP contribution in [0.4, 0.5) is 0 Å². The summed E-state index contributed by atoms with van der Waals surface area (Å²) in [5.74, 6) is 1.09. The number of nitrogens with one attached hydrogen (secondary N) is 1. The zero-order valence-corrected chi connectivity index (χ0v) is 15.0. The van der Waals surface area contributed by atoms with E-state index in [0.29, 0.717) is 26.8 Å². The molecule has 0 saturated heterocycles. The van der Waals surface area contributed by atoms with Crippen molar-refractivity contribution in [2.75, 3.05) is 0 Å². The van der Waals surface area contributed by atoms with Gasteiger partial charge in [0.1, 0.15) is 4.88 Å². The highest BCUT2D eigenvalue weighted by Crippen LogP contribution is 2.37. The van der Waals surface area contributed by atoms with Crippen LogP contribution in [0.5, 0.6) is 0 Å². The SMILES string of the molecule is C[C@H]1[C@@H](C)CCC[C@H]1NC(=O)c1sc2cc(Cl)ccc2c1Cl. The molecule has 1 saturated carbocycles. The molecule has 0 bridgehead atoms. The standard InChI is InChI=1S/C17H19Cl2NOS/c1-9-4-3-5-13(10(9)2)20-17(21)16-15(19)12-7-6-11(18)8-14(12)22-16/h6-10,13H,3-5H2,1-2H3,(H,20,21)/t9-,10-,13+/m0/s1. The molecule has 3 atom stereocenters. The third-order valence-corrected chi connectivity index (χ3v) is 6.71. The van der Waals surface area contributed by atoms with Crippen LogP contribution in [0.25, 0.3) is 10.1 Å². The minimum absolute atomic E-state index is 0.0618. The Kier molecular flexibility index (Phi) is 4.67. The Morgan fingerprint density at radius 3 is 2.82 bits per heavy atom. The molecule has 1 heterocycles. The Morgan fingerprint density at radius 1 is 1.27 bits per heavy atom. The van der Waals surface area contributed by atoms with Gasteiger partial charge in [-0.05, 0) is 30.4 Å². The minimum Gasteiger partial charge on any atom is -0.348 e. The predicted molar refractivity (Wildman–Crippen MR) is 95.3 cm³/mol. The van der Waals surface area contributed by atoms with Gasteiger partial charge < -0.3 is 5.32 Å². The van der Waals surface area contributed by atoms with Crippen LogP contribution < -0.4 is 5.32 Å². The van der Waals surface area contributed by atoms with Gasteiger partial charge in [-0.25, -0.2) is 0 Å². The fourth-order valence-corrected chi connectivity index (χ4v) is 4.90. The van der Waals surface area contributed by atoms with Gasteiger partial charge in [0.25, 0.3) is 5.91 Å². The third kappa shape index (κ3) is 2.99. The lowest BCUT2D eigenvalue weighted by atomic mass is 9.78. The van der Waals surface area contributed by atoms with Crippen molar-refractivity contribution in [2.45, 2.75) is 39.2 Å². The third-order valence-electron chi connectivity index (χ3n) is 4.82. The second kappa shape index (κ2) is 6.38. The number of carbonyl (C=O) groups excluding carboxylic acids is 1. The molecule has 0 radical (unpaired) electrons. The maximum atomic E-state index is 12.6. The summed E-state index contributed by atoms with van der Waals surface area (Å²) in [5.41, 5.74) is 0. The van der Waals surface area contributed by atoms with E-state index >= 15 is 0 Å². The summed E-state index contributed by atoms with van der Waals surface area (Å²) in [6, 6.07) is 5.77. The average molecular weight is 356 g/mol. The summed E-state index contributed by atoms with van der Waals surface area (Å²) >= 11 is 13.8. The maximum absolute atomic E-state index is 12.6. The fourth-order valence-electron chi connectivity index (χ4n) is 3.20. The molecular formula is C17H19Cl2NOS. The van der Waals surface area contributed by atoms with Crippen LogP contribution in [0.3, 0.4) is 0 Å². The van der Waals surface area contributed by atoms with E-state index < -0.39 is 0 Å². The Hall–Kier alpha value is -0.770. The lowest BCUT2D eigenvalue weighted by Crippen LogP contribution is -2.43. The monoisotopic (exact) mass is 355 g/mol. The van der Waals surface area contributed by atoms with E-state index in [1.807, 2.05) is 12.1 Å². The minimum atomic E-state index is -0.0618. The number of rotatable bonds is 2. The van der Waals surface area contributed by atoms with Crippen molar-refractivity contribution in [3.8, 4) is 0 Å². The van der Waals surface area contributed by atoms with Crippen molar-refractivity contribution in [1.82, 2.24) is 5.32 Å². The molecule has 1 aromatic carbocycles. The molecule has 5 heteroatoms. The first-order valence-electron chi connectivity index (χ1n) is 7.65. The Bertz CT molecular complexity index is 712. The van der Waals surface area contributed by atoms with Crippen LogP contribution in [-0.2, 0) is 0 Å². The number of hydrogen-bond acceptors (Lipinski definition) is 2. The van der Waals surface area contributed by atoms with Crippen molar-refractivity contribution in [2.24, 2.45) is 11.8 Å². The van der Waals surface area contributed by atoms with Gasteiger partial charge in [-0.15, -0.1) is 11.3 Å². The number of carbonyl (C=O) groups is 1. The van der Waals surface area contributed by atoms with Gasteiger partial charge in [-0.3, -0.25) is 4.79 Å². The number of hydrogen-bond donors (Lipinski definition) is 1. The van der Waals surface area contributed by atoms with Crippen LogP contribution in [0.15, 0.2) is 18.2 Å². The molecule has 1 N–H and O–H groups in total. The molecule has 1 amide bonds. The van der Waals surface area contributed by atoms with Crippen molar-refractivity contribution < 1.29 is 4.79 Å². The topological polar surface area (TPSA) is 29.1 Å². The summed E-state index contributed by atoms with van der Waals surface area (Å²) in [5, 5.41) is 5.27. The van der Waals surface area contributed by atoms with Crippen LogP contribution in [0, 0.1) is 11.8 Å². The first-order chi connectivity index (χ1) is 10.5. The smallest absolute Gasteiger partial charge is 0.263 e. The van der Waals surface area contributed by atoms with Crippen molar-refractivity contribution in [3.05, 3.63) is 33.1 Å². The van der Waals surface area contributed by atoms with Crippen LogP contribution >= 0.6 is 34.5 Å². The van der Waals surface area contributed by atoms with Crippen LogP contribution in [0.1, 0.15) is 42.8 Å². The molecule has 1 fully saturated rings. The Morgan fingerprint density at radius 2 is 2.05 bits per heavy atom. The summed E-state index contributed by atoms with van der Waals surface area (Å²) in [6.45, 7) is 4.48. The summed E-state index contributed by atoms with van der Waals surface area (Å²) in [7, 11) is 0. The number of thiophene rings is 1. The lowest BCUT2D eigenvalue weighted by Gasteiger charge is -2.34. The molecule has 0 aliphatic heterocycles. The molecule has 0 spiro atoms. The first-order valence-corrected chi connectivity index (χ1v) is 9.23. The van der Waals surface area contributed by atoms with E-state index in [9.17, 15) is 4.79 Å². The quantitative estimate of drug-likeness (QED) is 0.728. The highest BCUT2D eigenvalue weighted by atomic mass is 35.5. The summed E-state index contributed by atoms with van der Waals surface area (Å²) < 4.78 is 0.952. The Balaban J connectivity index is 1.84. The normalized spacial score (nSPS) is 25.4. The zero-order valence-electron chi connectivity index (χ0n) is 12.7. The fraction of sp³-hybridized carbons (Fsp3) is 0.471. The number of benzene rings is 1. The molecule has 118 valence electrons. The lowest BCUT2D eigenvalue weighted by molar-refractivity contribution is 0.0895. The molecule has 22 heavy (non-hydrogen) atoms. The van der Waals surface area contributed by atoms with Gasteiger partial charge in [0, 0.05) is 21.2 Å². The van der Waals surface area contributed by atoms with Gasteiger partial charge in [-0.1, -0.05) is 56.0 Å². The molecule has 2 nitrogen and oxygen atoms in total. The molecule has 2 aromatic rings. The second-order valence-corrected chi connectivity index (χ2v) is 8.10. The van der Waals surface area contributed by atoms with E-state index in [2.05, 4.69) is 19.2 Å². The highest BCUT2D eigenvalue weighted by molar-refractivity contribution is 7.21. The van der Waals surface area contributed by atoms with E-state index in [4.69, 9.17) is 23.2 Å². The van der Waals surface area contributed by atoms with E-state index in [1.165, 1.54) is 24.2 Å². The van der Waals surface area contributed by atoms with Crippen LogP contribution in [0.2, 0.25) is 10.0 Å². The maximum Gasteiger partial charge on any atom is 0.263 e. The molecule has 3 rings (SSSR count). The zero-order chi connectivity index (χ0) is 15.9. The van der Waals surface area contributed by atoms with Crippen molar-refractivity contribution in [3.63, 3.8) is 0 Å². The molecular weight excluding hydrogens is 337 g/mol. The van der Waals surface area contributed by atoms with Gasteiger partial charge >= 0.3 is 0 Å². The summed E-state index contributed by atoms with van der Waals surface area (Å²) in [6.07, 6.45) is 3.47. The Labute approximate surface area is 144 Å². The molecule has 0 unspecified atom stereocenters. The van der Waals surface area contributed by atoms with E-state index in [0.717, 1.165) is 16.5 Å². The highest BCUT2D eigenvalue weighted by Gasteiger charge is 2.29. The average Bonchev–Trinajstić information content (AvgIpc) is 2.80. The van der Waals surface area contributed by atoms with Crippen molar-refractivity contribution >= 4 is 50.5 Å².